The molecule has 0 aromatic heterocycles. The van der Waals surface area contributed by atoms with Gasteiger partial charge in [0.15, 0.2) is 0 Å². The van der Waals surface area contributed by atoms with Gasteiger partial charge in [0.1, 0.15) is 11.1 Å². The van der Waals surface area contributed by atoms with Gasteiger partial charge < -0.3 is 5.32 Å². The van der Waals surface area contributed by atoms with Crippen molar-refractivity contribution in [1.82, 2.24) is 0 Å². The normalized spacial score (nSPS) is 11.9. The smallest absolute Gasteiger partial charge is 0.292 e. The van der Waals surface area contributed by atoms with Gasteiger partial charge in [-0.25, -0.2) is 0 Å². The van der Waals surface area contributed by atoms with E-state index in [0.29, 0.717) is 0 Å². The number of hydrogen-bond donors (Lipinski definition) is 1. The lowest BCUT2D eigenvalue weighted by molar-refractivity contribution is -0.383. The lowest BCUT2D eigenvalue weighted by atomic mass is 10.2. The number of carbonyl (C=O) groups excluding carboxylic acids is 1. The average Bonchev–Trinajstić information content (AvgIpc) is 2.16. The van der Waals surface area contributed by atoms with Gasteiger partial charge in [-0.3, -0.25) is 14.9 Å². The number of nitrogens with one attached hydrogen (secondary N) is 1. The Morgan fingerprint density at radius 3 is 2.69 bits per heavy atom. The van der Waals surface area contributed by atoms with E-state index in [1.54, 1.807) is 13.0 Å². The molecule has 5 nitrogen and oxygen atoms in total. The van der Waals surface area contributed by atoms with E-state index in [2.05, 4.69) is 5.32 Å². The minimum absolute atomic E-state index is 0.142. The first kappa shape index (κ1) is 12.4. The molecule has 0 saturated heterocycles. The van der Waals surface area contributed by atoms with E-state index in [4.69, 9.17) is 11.6 Å². The number of nitro benzene ring substituents is 1. The first-order valence-corrected chi connectivity index (χ1v) is 5.05. The Kier molecular flexibility index (Phi) is 3.84. The molecule has 1 aromatic rings. The molecule has 0 saturated carbocycles. The number of alkyl halides is 1. The number of halogens is 1. The second kappa shape index (κ2) is 4.94. The van der Waals surface area contributed by atoms with Crippen LogP contribution in [0, 0.1) is 17.0 Å². The van der Waals surface area contributed by atoms with Gasteiger partial charge >= 0.3 is 0 Å². The monoisotopic (exact) mass is 242 g/mol. The molecule has 0 aliphatic carbocycles. The van der Waals surface area contributed by atoms with Crippen LogP contribution in [0.2, 0.25) is 0 Å². The van der Waals surface area contributed by atoms with Crippen molar-refractivity contribution in [3.8, 4) is 0 Å². The summed E-state index contributed by atoms with van der Waals surface area (Å²) in [7, 11) is 0. The van der Waals surface area contributed by atoms with Gasteiger partial charge in [0.2, 0.25) is 5.91 Å². The lowest BCUT2D eigenvalue weighted by Gasteiger charge is -2.07. The van der Waals surface area contributed by atoms with Crippen LogP contribution in [0.1, 0.15) is 12.5 Å². The molecule has 16 heavy (non-hydrogen) atoms. The highest BCUT2D eigenvalue weighted by Crippen LogP contribution is 2.25. The SMILES string of the molecule is Cc1ccc([N+](=O)[O-])c(NC(=O)C(C)Cl)c1. The molecule has 1 aromatic carbocycles. The van der Waals surface area contributed by atoms with Crippen molar-refractivity contribution in [3.63, 3.8) is 0 Å². The molecule has 1 unspecified atom stereocenters. The van der Waals surface area contributed by atoms with E-state index >= 15 is 0 Å². The molecule has 1 atom stereocenters. The fourth-order valence-electron chi connectivity index (χ4n) is 1.14. The number of nitrogens with zero attached hydrogens (tertiary/aromatic N) is 1. The Balaban J connectivity index is 3.06. The van der Waals surface area contributed by atoms with Crippen molar-refractivity contribution < 1.29 is 9.72 Å². The van der Waals surface area contributed by atoms with Gasteiger partial charge in [0, 0.05) is 6.07 Å². The van der Waals surface area contributed by atoms with E-state index in [1.165, 1.54) is 19.1 Å². The van der Waals surface area contributed by atoms with Crippen LogP contribution in [0.15, 0.2) is 18.2 Å². The molecule has 0 spiro atoms. The number of amides is 1. The molecule has 1 rings (SSSR count). The van der Waals surface area contributed by atoms with E-state index in [9.17, 15) is 14.9 Å². The summed E-state index contributed by atoms with van der Waals surface area (Å²) >= 11 is 5.57. The molecule has 0 fully saturated rings. The average molecular weight is 243 g/mol. The Hall–Kier alpha value is -1.62. The highest BCUT2D eigenvalue weighted by molar-refractivity contribution is 6.32. The van der Waals surface area contributed by atoms with Crippen LogP contribution in [0.4, 0.5) is 11.4 Å². The number of anilines is 1. The van der Waals surface area contributed by atoms with Gasteiger partial charge in [-0.05, 0) is 25.5 Å². The lowest BCUT2D eigenvalue weighted by Crippen LogP contribution is -2.20. The maximum atomic E-state index is 11.3. The van der Waals surface area contributed by atoms with Crippen molar-refractivity contribution >= 4 is 28.9 Å². The highest BCUT2D eigenvalue weighted by atomic mass is 35.5. The van der Waals surface area contributed by atoms with Crippen LogP contribution < -0.4 is 5.32 Å². The maximum absolute atomic E-state index is 11.3. The molecule has 0 aliphatic heterocycles. The summed E-state index contributed by atoms with van der Waals surface area (Å²) in [5.41, 5.74) is 0.849. The fourth-order valence-corrected chi connectivity index (χ4v) is 1.20. The molecule has 1 amide bonds. The van der Waals surface area contributed by atoms with Crippen LogP contribution in [0.3, 0.4) is 0 Å². The number of benzene rings is 1. The summed E-state index contributed by atoms with van der Waals surface area (Å²) in [4.78, 5) is 21.5. The summed E-state index contributed by atoms with van der Waals surface area (Å²) in [6.45, 7) is 3.28. The summed E-state index contributed by atoms with van der Waals surface area (Å²) in [6, 6.07) is 4.50. The van der Waals surface area contributed by atoms with Gasteiger partial charge in [-0.2, -0.15) is 0 Å². The van der Waals surface area contributed by atoms with Gasteiger partial charge in [-0.1, -0.05) is 6.07 Å². The molecule has 6 heteroatoms. The Labute approximate surface area is 97.6 Å². The van der Waals surface area contributed by atoms with Crippen LogP contribution in [0.5, 0.6) is 0 Å². The predicted octanol–water partition coefficient (Wildman–Crippen LogP) is 2.47. The summed E-state index contributed by atoms with van der Waals surface area (Å²) < 4.78 is 0. The van der Waals surface area contributed by atoms with Crippen molar-refractivity contribution in [2.45, 2.75) is 19.2 Å². The van der Waals surface area contributed by atoms with Gasteiger partial charge in [0.05, 0.1) is 4.92 Å². The molecule has 0 bridgehead atoms. The largest absolute Gasteiger partial charge is 0.319 e. The number of hydrogen-bond acceptors (Lipinski definition) is 3. The van der Waals surface area contributed by atoms with Crippen molar-refractivity contribution in [2.75, 3.05) is 5.32 Å². The third kappa shape index (κ3) is 2.93. The molecule has 1 N–H and O–H groups in total. The predicted molar refractivity (Wildman–Crippen MR) is 61.8 cm³/mol. The van der Waals surface area contributed by atoms with Crippen molar-refractivity contribution in [1.29, 1.82) is 0 Å². The number of nitro groups is 1. The fraction of sp³-hybridized carbons (Fsp3) is 0.300. The summed E-state index contributed by atoms with van der Waals surface area (Å²) in [5, 5.41) is 12.4. The second-order valence-electron chi connectivity index (χ2n) is 3.38. The van der Waals surface area contributed by atoms with Crippen molar-refractivity contribution in [3.05, 3.63) is 33.9 Å². The Morgan fingerprint density at radius 2 is 2.19 bits per heavy atom. The van der Waals surface area contributed by atoms with E-state index in [0.717, 1.165) is 5.56 Å². The Bertz CT molecular complexity index is 432. The molecule has 0 radical (unpaired) electrons. The number of rotatable bonds is 3. The molecular formula is C10H11ClN2O3. The zero-order valence-corrected chi connectivity index (χ0v) is 9.62. The van der Waals surface area contributed by atoms with Crippen molar-refractivity contribution in [2.24, 2.45) is 0 Å². The third-order valence-corrected chi connectivity index (χ3v) is 2.17. The Morgan fingerprint density at radius 1 is 1.56 bits per heavy atom. The quantitative estimate of drug-likeness (QED) is 0.503. The van der Waals surface area contributed by atoms with Crippen LogP contribution in [-0.2, 0) is 4.79 Å². The van der Waals surface area contributed by atoms with Crippen LogP contribution >= 0.6 is 11.6 Å². The zero-order valence-electron chi connectivity index (χ0n) is 8.86. The van der Waals surface area contributed by atoms with Gasteiger partial charge in [-0.15, -0.1) is 11.6 Å². The molecular weight excluding hydrogens is 232 g/mol. The van der Waals surface area contributed by atoms with Gasteiger partial charge in [0.25, 0.3) is 5.69 Å². The zero-order chi connectivity index (χ0) is 12.3. The van der Waals surface area contributed by atoms with E-state index < -0.39 is 16.2 Å². The second-order valence-corrected chi connectivity index (χ2v) is 4.04. The summed E-state index contributed by atoms with van der Waals surface area (Å²) in [6.07, 6.45) is 0. The maximum Gasteiger partial charge on any atom is 0.292 e. The van der Waals surface area contributed by atoms with Crippen LogP contribution in [0.25, 0.3) is 0 Å². The highest BCUT2D eigenvalue weighted by Gasteiger charge is 2.17. The summed E-state index contributed by atoms with van der Waals surface area (Å²) in [5.74, 6) is -0.463. The topological polar surface area (TPSA) is 72.2 Å². The van der Waals surface area contributed by atoms with E-state index in [-0.39, 0.29) is 11.4 Å². The van der Waals surface area contributed by atoms with E-state index in [1.807, 2.05) is 0 Å². The molecule has 0 aliphatic rings. The van der Waals surface area contributed by atoms with Crippen LogP contribution in [-0.4, -0.2) is 16.2 Å². The number of carbonyl (C=O) groups is 1. The standard InChI is InChI=1S/C10H11ClN2O3/c1-6-3-4-9(13(15)16)8(5-6)12-10(14)7(2)11/h3-5,7H,1-2H3,(H,12,14). The molecule has 86 valence electrons. The third-order valence-electron chi connectivity index (χ3n) is 1.97. The molecule has 0 heterocycles. The first-order chi connectivity index (χ1) is 7.41. The first-order valence-electron chi connectivity index (χ1n) is 4.62. The minimum Gasteiger partial charge on any atom is -0.319 e. The number of aryl methyl sites for hydroxylation is 1. The minimum atomic E-state index is -0.736.